The van der Waals surface area contributed by atoms with Crippen LogP contribution in [0.2, 0.25) is 0 Å². The number of ether oxygens (including phenoxy) is 3. The molecule has 2 aromatic rings. The maximum absolute atomic E-state index is 8.47. The van der Waals surface area contributed by atoms with Crippen LogP contribution in [0.4, 0.5) is 0 Å². The Hall–Kier alpha value is -0.840. The van der Waals surface area contributed by atoms with Gasteiger partial charge < -0.3 is 30.8 Å². The van der Waals surface area contributed by atoms with Crippen molar-refractivity contribution in [2.45, 2.75) is 38.1 Å². The zero-order valence-corrected chi connectivity index (χ0v) is 18.5. The maximum atomic E-state index is 8.47. The van der Waals surface area contributed by atoms with Gasteiger partial charge in [-0.3, -0.25) is 0 Å². The standard InChI is InChI=1S/C9H13NOS.C7H10OS.C4H11NO2/c10-6-8-7-3-5-12-9(7)2-1-4-11-8;8-5-1-3-7-4-2-6-9-7;1-6-4(3-5)7-2/h3,5,8H,1-2,4,6,10H2;2,4,6,8H,1,3,5H2;4H,3,5H2,1-2H3. The number of aryl methyl sites for hydroxylation is 2. The third kappa shape index (κ3) is 9.58. The van der Waals surface area contributed by atoms with E-state index in [1.54, 1.807) is 25.6 Å². The van der Waals surface area contributed by atoms with Crippen LogP contribution in [0.1, 0.15) is 34.3 Å². The summed E-state index contributed by atoms with van der Waals surface area (Å²) in [6.07, 6.45) is 4.11. The average molecular weight is 431 g/mol. The number of hydrogen-bond donors (Lipinski definition) is 3. The molecule has 3 rings (SSSR count). The fourth-order valence-electron chi connectivity index (χ4n) is 2.58. The average Bonchev–Trinajstić information content (AvgIpc) is 3.38. The maximum Gasteiger partial charge on any atom is 0.168 e. The lowest BCUT2D eigenvalue weighted by Gasteiger charge is -2.12. The molecule has 3 heterocycles. The van der Waals surface area contributed by atoms with E-state index in [4.69, 9.17) is 30.8 Å². The number of aliphatic hydroxyl groups is 1. The van der Waals surface area contributed by atoms with Gasteiger partial charge >= 0.3 is 0 Å². The zero-order valence-electron chi connectivity index (χ0n) is 16.8. The van der Waals surface area contributed by atoms with E-state index in [2.05, 4.69) is 22.9 Å². The molecule has 8 heteroatoms. The Balaban J connectivity index is 0.000000220. The van der Waals surface area contributed by atoms with Crippen molar-refractivity contribution in [2.24, 2.45) is 11.5 Å². The van der Waals surface area contributed by atoms with E-state index >= 15 is 0 Å². The van der Waals surface area contributed by atoms with Gasteiger partial charge in [0.15, 0.2) is 6.29 Å². The molecule has 5 N–H and O–H groups in total. The van der Waals surface area contributed by atoms with E-state index < -0.39 is 0 Å². The number of thiophene rings is 2. The van der Waals surface area contributed by atoms with Crippen LogP contribution in [0, 0.1) is 0 Å². The Morgan fingerprint density at radius 3 is 2.54 bits per heavy atom. The fourth-order valence-corrected chi connectivity index (χ4v) is 4.31. The highest BCUT2D eigenvalue weighted by Crippen LogP contribution is 2.29. The van der Waals surface area contributed by atoms with Gasteiger partial charge in [0, 0.05) is 50.3 Å². The van der Waals surface area contributed by atoms with Gasteiger partial charge in [0.25, 0.3) is 0 Å². The van der Waals surface area contributed by atoms with Crippen molar-refractivity contribution in [3.05, 3.63) is 44.3 Å². The summed E-state index contributed by atoms with van der Waals surface area (Å²) in [4.78, 5) is 2.83. The lowest BCUT2D eigenvalue weighted by atomic mass is 10.1. The second-order valence-corrected chi connectivity index (χ2v) is 8.07. The molecule has 0 radical (unpaired) electrons. The first-order chi connectivity index (χ1) is 13.7. The highest BCUT2D eigenvalue weighted by molar-refractivity contribution is 7.10. The lowest BCUT2D eigenvalue weighted by Crippen LogP contribution is -2.23. The molecule has 0 aromatic carbocycles. The molecule has 1 unspecified atom stereocenters. The molecule has 1 aliphatic heterocycles. The van der Waals surface area contributed by atoms with Crippen LogP contribution in [0.25, 0.3) is 0 Å². The molecule has 6 nitrogen and oxygen atoms in total. The first-order valence-electron chi connectivity index (χ1n) is 9.46. The summed E-state index contributed by atoms with van der Waals surface area (Å²) in [5, 5.41) is 12.7. The Morgan fingerprint density at radius 1 is 1.21 bits per heavy atom. The van der Waals surface area contributed by atoms with Gasteiger partial charge in [0.05, 0.1) is 6.10 Å². The highest BCUT2D eigenvalue weighted by Gasteiger charge is 2.18. The number of nitrogens with two attached hydrogens (primary N) is 2. The molecule has 0 bridgehead atoms. The smallest absolute Gasteiger partial charge is 0.168 e. The van der Waals surface area contributed by atoms with E-state index in [1.165, 1.54) is 15.3 Å². The molecule has 2 aromatic heterocycles. The number of aliphatic hydroxyl groups excluding tert-OH is 1. The van der Waals surface area contributed by atoms with Crippen LogP contribution < -0.4 is 11.5 Å². The lowest BCUT2D eigenvalue weighted by molar-refractivity contribution is -0.0940. The van der Waals surface area contributed by atoms with Crippen molar-refractivity contribution in [2.75, 3.05) is 40.5 Å². The Morgan fingerprint density at radius 2 is 2.00 bits per heavy atom. The molecule has 1 atom stereocenters. The quantitative estimate of drug-likeness (QED) is 0.584. The predicted octanol–water partition coefficient (Wildman–Crippen LogP) is 2.95. The topological polar surface area (TPSA) is 100.0 Å². The number of methoxy groups -OCH3 is 2. The molecule has 0 amide bonds. The second-order valence-electron chi connectivity index (χ2n) is 6.04. The van der Waals surface area contributed by atoms with E-state index in [0.717, 1.165) is 32.3 Å². The minimum absolute atomic E-state index is 0.147. The largest absolute Gasteiger partial charge is 0.396 e. The Bertz CT molecular complexity index is 583. The Kier molecular flexibility index (Phi) is 14.4. The number of hydrogen-bond acceptors (Lipinski definition) is 8. The summed E-state index contributed by atoms with van der Waals surface area (Å²) in [6.45, 7) is 2.16. The van der Waals surface area contributed by atoms with E-state index in [0.29, 0.717) is 19.7 Å². The minimum atomic E-state index is -0.236. The third-order valence-corrected chi connectivity index (χ3v) is 6.02. The third-order valence-electron chi connectivity index (χ3n) is 4.09. The van der Waals surface area contributed by atoms with Gasteiger partial charge in [-0.2, -0.15) is 0 Å². The van der Waals surface area contributed by atoms with Gasteiger partial charge in [-0.25, -0.2) is 0 Å². The summed E-state index contributed by atoms with van der Waals surface area (Å²) >= 11 is 3.57. The van der Waals surface area contributed by atoms with Crippen molar-refractivity contribution in [1.29, 1.82) is 0 Å². The molecule has 0 fully saturated rings. The van der Waals surface area contributed by atoms with Crippen LogP contribution in [0.15, 0.2) is 29.0 Å². The molecular weight excluding hydrogens is 396 g/mol. The van der Waals surface area contributed by atoms with Gasteiger partial charge in [-0.1, -0.05) is 6.07 Å². The summed E-state index contributed by atoms with van der Waals surface area (Å²) in [5.74, 6) is 0. The molecule has 1 aliphatic rings. The predicted molar refractivity (Wildman–Crippen MR) is 117 cm³/mol. The van der Waals surface area contributed by atoms with E-state index in [-0.39, 0.29) is 12.4 Å². The monoisotopic (exact) mass is 430 g/mol. The molecule has 160 valence electrons. The number of rotatable bonds is 7. The van der Waals surface area contributed by atoms with Crippen LogP contribution in [-0.4, -0.2) is 51.9 Å². The summed E-state index contributed by atoms with van der Waals surface area (Å²) in [6, 6.07) is 6.28. The van der Waals surface area contributed by atoms with Crippen LogP contribution >= 0.6 is 22.7 Å². The minimum Gasteiger partial charge on any atom is -0.396 e. The second kappa shape index (κ2) is 16.0. The van der Waals surface area contributed by atoms with Crippen molar-refractivity contribution in [1.82, 2.24) is 0 Å². The van der Waals surface area contributed by atoms with Gasteiger partial charge in [-0.15, -0.1) is 22.7 Å². The van der Waals surface area contributed by atoms with E-state index in [1.807, 2.05) is 17.4 Å². The van der Waals surface area contributed by atoms with E-state index in [9.17, 15) is 0 Å². The number of fused-ring (bicyclic) bond motifs is 1. The Labute approximate surface area is 176 Å². The van der Waals surface area contributed by atoms with Crippen LogP contribution in [0.3, 0.4) is 0 Å². The van der Waals surface area contributed by atoms with Gasteiger partial charge in [0.1, 0.15) is 0 Å². The first kappa shape index (κ1) is 25.2. The molecule has 28 heavy (non-hydrogen) atoms. The summed E-state index contributed by atoms with van der Waals surface area (Å²) in [5.41, 5.74) is 12.1. The van der Waals surface area contributed by atoms with Crippen LogP contribution in [-0.2, 0) is 27.1 Å². The van der Waals surface area contributed by atoms with Gasteiger partial charge in [0.2, 0.25) is 0 Å². The van der Waals surface area contributed by atoms with Crippen LogP contribution in [0.5, 0.6) is 0 Å². The SMILES string of the molecule is COC(CN)OC.NCC1OCCCc2sccc21.OCCCc1cccs1. The van der Waals surface area contributed by atoms with Gasteiger partial charge in [-0.05, 0) is 54.1 Å². The van der Waals surface area contributed by atoms with Crippen molar-refractivity contribution in [3.63, 3.8) is 0 Å². The molecule has 0 aliphatic carbocycles. The molecule has 0 saturated heterocycles. The first-order valence-corrected chi connectivity index (χ1v) is 11.2. The molecular formula is C20H34N2O4S2. The highest BCUT2D eigenvalue weighted by atomic mass is 32.1. The summed E-state index contributed by atoms with van der Waals surface area (Å²) in [7, 11) is 3.11. The zero-order chi connectivity index (χ0) is 20.6. The summed E-state index contributed by atoms with van der Waals surface area (Å²) < 4.78 is 15.0. The van der Waals surface area contributed by atoms with Crippen molar-refractivity contribution in [3.8, 4) is 0 Å². The molecule has 0 spiro atoms. The van der Waals surface area contributed by atoms with Crippen molar-refractivity contribution < 1.29 is 19.3 Å². The normalized spacial score (nSPS) is 15.7. The molecule has 0 saturated carbocycles. The fraction of sp³-hybridized carbons (Fsp3) is 0.600. The van der Waals surface area contributed by atoms with Crippen molar-refractivity contribution >= 4 is 22.7 Å².